The molecule has 1 aromatic heterocycles. The summed E-state index contributed by atoms with van der Waals surface area (Å²) in [7, 11) is 0. The lowest BCUT2D eigenvalue weighted by atomic mass is 10.0. The van der Waals surface area contributed by atoms with E-state index in [1.165, 1.54) is 12.3 Å². The molecule has 1 heterocycles. The molecule has 0 saturated heterocycles. The molecule has 0 aliphatic heterocycles. The Balaban J connectivity index is 0.000000774. The highest BCUT2D eigenvalue weighted by atomic mass is 35.5. The van der Waals surface area contributed by atoms with Crippen LogP contribution < -0.4 is 5.43 Å². The summed E-state index contributed by atoms with van der Waals surface area (Å²) in [4.78, 5) is 11.8. The number of benzene rings is 2. The maximum atomic E-state index is 11.8. The van der Waals surface area contributed by atoms with Crippen molar-refractivity contribution in [3.8, 4) is 11.1 Å². The van der Waals surface area contributed by atoms with E-state index in [4.69, 9.17) is 27.6 Å². The zero-order chi connectivity index (χ0) is 15.4. The first kappa shape index (κ1) is 15.6. The van der Waals surface area contributed by atoms with Crippen LogP contribution in [0.5, 0.6) is 0 Å². The molecule has 0 saturated carbocycles. The smallest absolute Gasteiger partial charge is 0.192 e. The van der Waals surface area contributed by atoms with Crippen molar-refractivity contribution in [3.63, 3.8) is 0 Å². The fourth-order valence-electron chi connectivity index (χ4n) is 2.03. The second-order valence-corrected chi connectivity index (χ2v) is 5.00. The molecule has 0 aliphatic rings. The zero-order valence-electron chi connectivity index (χ0n) is 11.7. The predicted molar refractivity (Wildman–Crippen MR) is 89.3 cm³/mol. The van der Waals surface area contributed by atoms with Crippen LogP contribution in [0.1, 0.15) is 13.8 Å². The van der Waals surface area contributed by atoms with E-state index in [0.717, 1.165) is 11.1 Å². The third kappa shape index (κ3) is 3.29. The number of fused-ring (bicyclic) bond motifs is 1. The van der Waals surface area contributed by atoms with E-state index in [1.54, 1.807) is 24.3 Å². The lowest BCUT2D eigenvalue weighted by molar-refractivity contribution is 0.603. The summed E-state index contributed by atoms with van der Waals surface area (Å²) in [5.74, 6) is 0. The van der Waals surface area contributed by atoms with Gasteiger partial charge in [0, 0.05) is 21.7 Å². The molecule has 0 amide bonds. The van der Waals surface area contributed by atoms with Gasteiger partial charge in [-0.05, 0) is 29.8 Å². The van der Waals surface area contributed by atoms with Gasteiger partial charge in [0.05, 0.1) is 11.6 Å². The topological polar surface area (TPSA) is 30.2 Å². The summed E-state index contributed by atoms with van der Waals surface area (Å²) in [6, 6.07) is 12.1. The molecule has 108 valence electrons. The summed E-state index contributed by atoms with van der Waals surface area (Å²) in [6.45, 7) is 4.00. The van der Waals surface area contributed by atoms with Crippen molar-refractivity contribution in [1.29, 1.82) is 0 Å². The summed E-state index contributed by atoms with van der Waals surface area (Å²) < 4.78 is 5.47. The van der Waals surface area contributed by atoms with Crippen LogP contribution >= 0.6 is 23.2 Å². The quantitative estimate of drug-likeness (QED) is 0.567. The largest absolute Gasteiger partial charge is 0.463 e. The second kappa shape index (κ2) is 6.79. The van der Waals surface area contributed by atoms with Gasteiger partial charge >= 0.3 is 0 Å². The first-order valence-electron chi connectivity index (χ1n) is 6.62. The van der Waals surface area contributed by atoms with E-state index in [-0.39, 0.29) is 5.43 Å². The molecular formula is C17H14Cl2O2. The Bertz CT molecular complexity index is 822. The van der Waals surface area contributed by atoms with Crippen molar-refractivity contribution in [2.75, 3.05) is 0 Å². The molecule has 0 bridgehead atoms. The SMILES string of the molecule is CC.O=c1ccoc2c(-c3cccc(Cl)c3)cc(Cl)cc12. The van der Waals surface area contributed by atoms with Gasteiger partial charge in [-0.15, -0.1) is 0 Å². The van der Waals surface area contributed by atoms with Crippen LogP contribution in [0, 0.1) is 0 Å². The van der Waals surface area contributed by atoms with E-state index in [9.17, 15) is 4.79 Å². The average Bonchev–Trinajstić information content (AvgIpc) is 2.49. The van der Waals surface area contributed by atoms with Crippen molar-refractivity contribution < 1.29 is 4.42 Å². The molecule has 21 heavy (non-hydrogen) atoms. The van der Waals surface area contributed by atoms with Crippen LogP contribution in [0.4, 0.5) is 0 Å². The molecule has 0 radical (unpaired) electrons. The van der Waals surface area contributed by atoms with Crippen LogP contribution in [0.2, 0.25) is 10.0 Å². The fourth-order valence-corrected chi connectivity index (χ4v) is 2.44. The Kier molecular flexibility index (Phi) is 5.05. The van der Waals surface area contributed by atoms with Crippen LogP contribution in [0.15, 0.2) is 57.9 Å². The van der Waals surface area contributed by atoms with E-state index in [2.05, 4.69) is 0 Å². The first-order valence-corrected chi connectivity index (χ1v) is 7.38. The molecule has 0 fully saturated rings. The standard InChI is InChI=1S/C15H8Cl2O2.C2H6/c16-10-3-1-2-9(6-10)12-7-11(17)8-13-14(18)4-5-19-15(12)13;1-2/h1-8H;1-2H3. The van der Waals surface area contributed by atoms with E-state index in [1.807, 2.05) is 26.0 Å². The van der Waals surface area contributed by atoms with Gasteiger partial charge in [0.25, 0.3) is 0 Å². The number of hydrogen-bond donors (Lipinski definition) is 0. The summed E-state index contributed by atoms with van der Waals surface area (Å²) >= 11 is 12.1. The molecule has 0 spiro atoms. The van der Waals surface area contributed by atoms with E-state index >= 15 is 0 Å². The minimum absolute atomic E-state index is 0.118. The number of rotatable bonds is 1. The summed E-state index contributed by atoms with van der Waals surface area (Å²) in [5.41, 5.74) is 2.00. The zero-order valence-corrected chi connectivity index (χ0v) is 13.2. The highest BCUT2D eigenvalue weighted by Crippen LogP contribution is 2.31. The maximum Gasteiger partial charge on any atom is 0.192 e. The normalized spacial score (nSPS) is 10.1. The molecule has 4 heteroatoms. The first-order chi connectivity index (χ1) is 10.1. The van der Waals surface area contributed by atoms with Crippen LogP contribution in [-0.4, -0.2) is 0 Å². The summed E-state index contributed by atoms with van der Waals surface area (Å²) in [5, 5.41) is 1.56. The van der Waals surface area contributed by atoms with Crippen molar-refractivity contribution in [3.05, 3.63) is 69.0 Å². The van der Waals surface area contributed by atoms with Crippen molar-refractivity contribution in [2.45, 2.75) is 13.8 Å². The van der Waals surface area contributed by atoms with E-state index < -0.39 is 0 Å². The third-order valence-electron chi connectivity index (χ3n) is 2.86. The van der Waals surface area contributed by atoms with Gasteiger partial charge < -0.3 is 4.42 Å². The molecule has 3 rings (SSSR count). The summed E-state index contributed by atoms with van der Waals surface area (Å²) in [6.07, 6.45) is 1.38. The monoisotopic (exact) mass is 320 g/mol. The molecule has 0 atom stereocenters. The molecule has 2 nitrogen and oxygen atoms in total. The lowest BCUT2D eigenvalue weighted by Crippen LogP contribution is -1.98. The Hall–Kier alpha value is -1.77. The highest BCUT2D eigenvalue weighted by Gasteiger charge is 2.10. The van der Waals surface area contributed by atoms with Crippen LogP contribution in [0.25, 0.3) is 22.1 Å². The minimum atomic E-state index is -0.118. The molecule has 0 N–H and O–H groups in total. The van der Waals surface area contributed by atoms with E-state index in [0.29, 0.717) is 21.0 Å². The van der Waals surface area contributed by atoms with Gasteiger partial charge in [0.2, 0.25) is 0 Å². The highest BCUT2D eigenvalue weighted by molar-refractivity contribution is 6.32. The molecule has 3 aromatic rings. The number of hydrogen-bond acceptors (Lipinski definition) is 2. The van der Waals surface area contributed by atoms with Gasteiger partial charge in [-0.2, -0.15) is 0 Å². The Labute approximate surface area is 132 Å². The second-order valence-electron chi connectivity index (χ2n) is 4.13. The molecule has 2 aromatic carbocycles. The van der Waals surface area contributed by atoms with Gasteiger partial charge in [-0.1, -0.05) is 49.2 Å². The van der Waals surface area contributed by atoms with Gasteiger partial charge in [-0.3, -0.25) is 4.79 Å². The third-order valence-corrected chi connectivity index (χ3v) is 3.31. The Morgan fingerprint density at radius 3 is 2.43 bits per heavy atom. The molecule has 0 unspecified atom stereocenters. The average molecular weight is 321 g/mol. The maximum absolute atomic E-state index is 11.8. The lowest BCUT2D eigenvalue weighted by Gasteiger charge is -2.06. The minimum Gasteiger partial charge on any atom is -0.463 e. The molecular weight excluding hydrogens is 307 g/mol. The van der Waals surface area contributed by atoms with Crippen molar-refractivity contribution >= 4 is 34.2 Å². The van der Waals surface area contributed by atoms with Crippen molar-refractivity contribution in [1.82, 2.24) is 0 Å². The number of halogens is 2. The van der Waals surface area contributed by atoms with Crippen molar-refractivity contribution in [2.24, 2.45) is 0 Å². The Morgan fingerprint density at radius 2 is 1.71 bits per heavy atom. The van der Waals surface area contributed by atoms with Gasteiger partial charge in [-0.25, -0.2) is 0 Å². The predicted octanol–water partition coefficient (Wildman–Crippen LogP) is 5.79. The fraction of sp³-hybridized carbons (Fsp3) is 0.118. The van der Waals surface area contributed by atoms with Crippen LogP contribution in [-0.2, 0) is 0 Å². The van der Waals surface area contributed by atoms with Gasteiger partial charge in [0.15, 0.2) is 5.43 Å². The Morgan fingerprint density at radius 1 is 0.952 bits per heavy atom. The molecule has 0 aliphatic carbocycles. The van der Waals surface area contributed by atoms with Crippen LogP contribution in [0.3, 0.4) is 0 Å². The van der Waals surface area contributed by atoms with Gasteiger partial charge in [0.1, 0.15) is 5.58 Å².